The van der Waals surface area contributed by atoms with E-state index in [9.17, 15) is 0 Å². The van der Waals surface area contributed by atoms with Gasteiger partial charge in [-0.2, -0.15) is 5.26 Å². The fraction of sp³-hybridized carbons (Fsp3) is 0.300. The van der Waals surface area contributed by atoms with Gasteiger partial charge in [0.15, 0.2) is 0 Å². The molecule has 0 N–H and O–H groups in total. The number of nitriles is 1. The summed E-state index contributed by atoms with van der Waals surface area (Å²) in [5.74, 6) is 0.785. The van der Waals surface area contributed by atoms with Crippen molar-refractivity contribution in [3.05, 3.63) is 29.8 Å². The van der Waals surface area contributed by atoms with Crippen LogP contribution in [0.25, 0.3) is 0 Å². The third-order valence-corrected chi connectivity index (χ3v) is 1.60. The molecule has 0 saturated carbocycles. The van der Waals surface area contributed by atoms with Gasteiger partial charge in [-0.3, -0.25) is 0 Å². The molecule has 0 aromatic heterocycles. The summed E-state index contributed by atoms with van der Waals surface area (Å²) in [5, 5.41) is 8.54. The molecular weight excluding hydrogens is 161 g/mol. The van der Waals surface area contributed by atoms with E-state index in [0.717, 1.165) is 12.2 Å². The molecule has 3 heteroatoms. The summed E-state index contributed by atoms with van der Waals surface area (Å²) in [5.41, 5.74) is 0.645. The fourth-order valence-corrected chi connectivity index (χ4v) is 0.899. The Morgan fingerprint density at radius 3 is 2.54 bits per heavy atom. The zero-order chi connectivity index (χ0) is 9.52. The van der Waals surface area contributed by atoms with E-state index in [1.807, 2.05) is 6.07 Å². The van der Waals surface area contributed by atoms with Crippen molar-refractivity contribution in [3.63, 3.8) is 0 Å². The first-order chi connectivity index (χ1) is 6.36. The lowest BCUT2D eigenvalue weighted by molar-refractivity contribution is 0.317. The molecule has 0 amide bonds. The molecule has 2 radical (unpaired) electrons. The first-order valence-corrected chi connectivity index (χ1v) is 4.20. The molecule has 1 rings (SSSR count). The number of hydrogen-bond acceptors (Lipinski definition) is 2. The predicted molar refractivity (Wildman–Crippen MR) is 51.8 cm³/mol. The number of rotatable bonds is 4. The van der Waals surface area contributed by atoms with Crippen LogP contribution in [0.2, 0.25) is 6.32 Å². The number of hydrogen-bond donors (Lipinski definition) is 0. The molecule has 1 aromatic carbocycles. The van der Waals surface area contributed by atoms with Gasteiger partial charge in [-0.1, -0.05) is 6.32 Å². The highest BCUT2D eigenvalue weighted by Gasteiger charge is 1.93. The van der Waals surface area contributed by atoms with Crippen molar-refractivity contribution in [2.24, 2.45) is 0 Å². The average molecular weight is 171 g/mol. The van der Waals surface area contributed by atoms with Crippen LogP contribution in [0.15, 0.2) is 24.3 Å². The van der Waals surface area contributed by atoms with Crippen LogP contribution >= 0.6 is 0 Å². The van der Waals surface area contributed by atoms with Crippen LogP contribution in [-0.4, -0.2) is 14.5 Å². The molecule has 0 fully saturated rings. The molecule has 0 spiro atoms. The molecule has 0 atom stereocenters. The zero-order valence-electron chi connectivity index (χ0n) is 7.36. The van der Waals surface area contributed by atoms with Crippen molar-refractivity contribution in [1.82, 2.24) is 0 Å². The van der Waals surface area contributed by atoms with Crippen molar-refractivity contribution < 1.29 is 4.74 Å². The van der Waals surface area contributed by atoms with Gasteiger partial charge in [-0.05, 0) is 30.7 Å². The summed E-state index contributed by atoms with van der Waals surface area (Å²) >= 11 is 0. The Balaban J connectivity index is 2.46. The van der Waals surface area contributed by atoms with Crippen molar-refractivity contribution in [2.75, 3.05) is 6.61 Å². The monoisotopic (exact) mass is 171 g/mol. The van der Waals surface area contributed by atoms with Crippen LogP contribution in [0, 0.1) is 11.3 Å². The minimum Gasteiger partial charge on any atom is -0.494 e. The van der Waals surface area contributed by atoms with Crippen LogP contribution < -0.4 is 4.74 Å². The SMILES string of the molecule is [B]CCCOc1ccc(C#N)cc1. The molecular formula is C10H10BNO. The van der Waals surface area contributed by atoms with E-state index in [4.69, 9.17) is 17.8 Å². The Hall–Kier alpha value is -1.43. The van der Waals surface area contributed by atoms with Crippen molar-refractivity contribution >= 4 is 7.85 Å². The zero-order valence-corrected chi connectivity index (χ0v) is 7.36. The van der Waals surface area contributed by atoms with E-state index in [2.05, 4.69) is 0 Å². The van der Waals surface area contributed by atoms with E-state index in [1.54, 1.807) is 24.3 Å². The number of benzene rings is 1. The minimum atomic E-state index is 0.627. The van der Waals surface area contributed by atoms with Crippen LogP contribution in [0.3, 0.4) is 0 Å². The molecule has 64 valence electrons. The lowest BCUT2D eigenvalue weighted by atomic mass is 10.0. The predicted octanol–water partition coefficient (Wildman–Crippen LogP) is 1.91. The Morgan fingerprint density at radius 2 is 2.00 bits per heavy atom. The third-order valence-electron chi connectivity index (χ3n) is 1.60. The Kier molecular flexibility index (Phi) is 3.91. The Morgan fingerprint density at radius 1 is 1.31 bits per heavy atom. The van der Waals surface area contributed by atoms with Gasteiger partial charge >= 0.3 is 0 Å². The lowest BCUT2D eigenvalue weighted by Crippen LogP contribution is -1.96. The first kappa shape index (κ1) is 9.66. The van der Waals surface area contributed by atoms with Gasteiger partial charge in [0.2, 0.25) is 0 Å². The van der Waals surface area contributed by atoms with E-state index in [0.29, 0.717) is 18.5 Å². The number of ether oxygens (including phenoxy) is 1. The molecule has 0 aliphatic carbocycles. The molecule has 0 bridgehead atoms. The van der Waals surface area contributed by atoms with Gasteiger partial charge in [0.25, 0.3) is 0 Å². The smallest absolute Gasteiger partial charge is 0.119 e. The highest BCUT2D eigenvalue weighted by Crippen LogP contribution is 2.11. The normalized spacial score (nSPS) is 9.15. The molecule has 0 heterocycles. The highest BCUT2D eigenvalue weighted by molar-refractivity contribution is 6.08. The van der Waals surface area contributed by atoms with Crippen LogP contribution in [0.4, 0.5) is 0 Å². The van der Waals surface area contributed by atoms with E-state index in [1.165, 1.54) is 0 Å². The second-order valence-electron chi connectivity index (χ2n) is 2.63. The van der Waals surface area contributed by atoms with E-state index in [-0.39, 0.29) is 0 Å². The summed E-state index contributed by atoms with van der Waals surface area (Å²) in [4.78, 5) is 0. The number of nitrogens with zero attached hydrogens (tertiary/aromatic N) is 1. The summed E-state index contributed by atoms with van der Waals surface area (Å²) in [6.45, 7) is 0.627. The van der Waals surface area contributed by atoms with Crippen molar-refractivity contribution in [1.29, 1.82) is 5.26 Å². The average Bonchev–Trinajstić information content (AvgIpc) is 2.19. The minimum absolute atomic E-state index is 0.627. The van der Waals surface area contributed by atoms with Gasteiger partial charge < -0.3 is 4.74 Å². The Labute approximate surface area is 79.5 Å². The maximum absolute atomic E-state index is 8.54. The maximum atomic E-state index is 8.54. The van der Waals surface area contributed by atoms with Crippen molar-refractivity contribution in [3.8, 4) is 11.8 Å². The Bertz CT molecular complexity index is 289. The quantitative estimate of drug-likeness (QED) is 0.512. The third kappa shape index (κ3) is 3.21. The summed E-state index contributed by atoms with van der Waals surface area (Å²) in [6, 6.07) is 9.09. The van der Waals surface area contributed by atoms with Gasteiger partial charge in [0.05, 0.1) is 26.1 Å². The molecule has 0 aliphatic rings. The highest BCUT2D eigenvalue weighted by atomic mass is 16.5. The molecule has 0 saturated heterocycles. The maximum Gasteiger partial charge on any atom is 0.119 e. The summed E-state index contributed by atoms with van der Waals surface area (Å²) in [7, 11) is 5.32. The van der Waals surface area contributed by atoms with Crippen LogP contribution in [-0.2, 0) is 0 Å². The molecule has 1 aromatic rings. The van der Waals surface area contributed by atoms with Crippen LogP contribution in [0.1, 0.15) is 12.0 Å². The lowest BCUT2D eigenvalue weighted by Gasteiger charge is -2.04. The molecule has 13 heavy (non-hydrogen) atoms. The topological polar surface area (TPSA) is 33.0 Å². The van der Waals surface area contributed by atoms with E-state index < -0.39 is 0 Å². The standard InChI is InChI=1S/C10H10BNO/c11-6-1-7-13-10-4-2-9(8-12)3-5-10/h2-5H,1,6-7H2. The summed E-state index contributed by atoms with van der Waals surface area (Å²) < 4.78 is 5.36. The first-order valence-electron chi connectivity index (χ1n) is 4.20. The summed E-state index contributed by atoms with van der Waals surface area (Å²) in [6.07, 6.45) is 1.48. The van der Waals surface area contributed by atoms with Gasteiger partial charge in [-0.25, -0.2) is 0 Å². The molecule has 2 nitrogen and oxygen atoms in total. The second kappa shape index (κ2) is 5.26. The van der Waals surface area contributed by atoms with Gasteiger partial charge in [-0.15, -0.1) is 0 Å². The van der Waals surface area contributed by atoms with Gasteiger partial charge in [0.1, 0.15) is 5.75 Å². The van der Waals surface area contributed by atoms with E-state index >= 15 is 0 Å². The molecule has 0 aliphatic heterocycles. The van der Waals surface area contributed by atoms with Crippen molar-refractivity contribution in [2.45, 2.75) is 12.7 Å². The second-order valence-corrected chi connectivity index (χ2v) is 2.63. The van der Waals surface area contributed by atoms with Crippen LogP contribution in [0.5, 0.6) is 5.75 Å². The molecule has 0 unspecified atom stereocenters. The fourth-order valence-electron chi connectivity index (χ4n) is 0.899. The largest absolute Gasteiger partial charge is 0.494 e. The van der Waals surface area contributed by atoms with Gasteiger partial charge in [0, 0.05) is 0 Å².